The van der Waals surface area contributed by atoms with Crippen molar-refractivity contribution >= 4 is 11.8 Å². The lowest BCUT2D eigenvalue weighted by atomic mass is 9.84. The Morgan fingerprint density at radius 1 is 1.25 bits per heavy atom. The number of hydrogen-bond donors (Lipinski definition) is 2. The smallest absolute Gasteiger partial charge is 0.236 e. The second-order valence-electron chi connectivity index (χ2n) is 6.64. The van der Waals surface area contributed by atoms with Gasteiger partial charge in [-0.25, -0.2) is 0 Å². The number of amides is 2. The highest BCUT2D eigenvalue weighted by Crippen LogP contribution is 2.38. The van der Waals surface area contributed by atoms with Crippen LogP contribution < -0.4 is 11.1 Å². The summed E-state index contributed by atoms with van der Waals surface area (Å²) >= 11 is 0. The van der Waals surface area contributed by atoms with E-state index in [0.717, 1.165) is 25.7 Å². The third kappa shape index (κ3) is 4.20. The molecule has 0 aliphatic heterocycles. The molecule has 0 saturated heterocycles. The van der Waals surface area contributed by atoms with Gasteiger partial charge in [-0.1, -0.05) is 26.7 Å². The van der Waals surface area contributed by atoms with Gasteiger partial charge in [-0.3, -0.25) is 9.59 Å². The zero-order valence-electron chi connectivity index (χ0n) is 13.2. The van der Waals surface area contributed by atoms with Crippen molar-refractivity contribution < 1.29 is 9.59 Å². The summed E-state index contributed by atoms with van der Waals surface area (Å²) in [5.41, 5.74) is 5.45. The molecule has 1 fully saturated rings. The van der Waals surface area contributed by atoms with Crippen LogP contribution >= 0.6 is 0 Å². The van der Waals surface area contributed by atoms with Gasteiger partial charge in [-0.2, -0.15) is 0 Å². The lowest BCUT2D eigenvalue weighted by molar-refractivity contribution is -0.139. The molecule has 5 heteroatoms. The third-order valence-corrected chi connectivity index (χ3v) is 4.08. The number of hydrogen-bond acceptors (Lipinski definition) is 3. The van der Waals surface area contributed by atoms with Crippen molar-refractivity contribution in [3.8, 4) is 0 Å². The third-order valence-electron chi connectivity index (χ3n) is 4.08. The molecule has 0 unspecified atom stereocenters. The average Bonchev–Trinajstić information content (AvgIpc) is 2.83. The van der Waals surface area contributed by atoms with Gasteiger partial charge >= 0.3 is 0 Å². The van der Waals surface area contributed by atoms with Crippen LogP contribution in [0.5, 0.6) is 0 Å². The van der Waals surface area contributed by atoms with E-state index in [2.05, 4.69) is 5.32 Å². The van der Waals surface area contributed by atoms with Gasteiger partial charge < -0.3 is 16.0 Å². The van der Waals surface area contributed by atoms with Crippen LogP contribution in [0, 0.1) is 11.3 Å². The van der Waals surface area contributed by atoms with Crippen molar-refractivity contribution in [3.63, 3.8) is 0 Å². The predicted molar refractivity (Wildman–Crippen MR) is 80.0 cm³/mol. The lowest BCUT2D eigenvalue weighted by Gasteiger charge is -2.31. The number of carbonyl (C=O) groups is 2. The Morgan fingerprint density at radius 2 is 1.80 bits per heavy atom. The van der Waals surface area contributed by atoms with E-state index in [0.29, 0.717) is 18.9 Å². The molecule has 0 bridgehead atoms. The van der Waals surface area contributed by atoms with E-state index in [9.17, 15) is 9.59 Å². The van der Waals surface area contributed by atoms with Crippen LogP contribution in [0.15, 0.2) is 0 Å². The molecule has 1 aliphatic carbocycles. The van der Waals surface area contributed by atoms with Crippen LogP contribution in [0.1, 0.15) is 46.0 Å². The molecule has 20 heavy (non-hydrogen) atoms. The molecule has 1 aliphatic rings. The molecule has 0 spiro atoms. The Morgan fingerprint density at radius 3 is 2.25 bits per heavy atom. The molecule has 0 aromatic heterocycles. The van der Waals surface area contributed by atoms with E-state index in [-0.39, 0.29) is 11.8 Å². The topological polar surface area (TPSA) is 75.4 Å². The minimum atomic E-state index is -0.483. The van der Waals surface area contributed by atoms with E-state index in [1.165, 1.54) is 0 Å². The van der Waals surface area contributed by atoms with Crippen molar-refractivity contribution in [1.82, 2.24) is 10.2 Å². The number of nitrogens with one attached hydrogen (secondary N) is 1. The summed E-state index contributed by atoms with van der Waals surface area (Å²) in [6, 6.07) is -0.483. The maximum atomic E-state index is 12.4. The number of nitrogens with zero attached hydrogens (tertiary/aromatic N) is 1. The standard InChI is InChI=1S/C15H29N3O2/c1-11(2)9-12(16)13(19)17-10-15(7-5-6-8-15)14(20)18(3)4/h11-12H,5-10,16H2,1-4H3,(H,17,19)/t12-/m0/s1. The summed E-state index contributed by atoms with van der Waals surface area (Å²) in [5, 5.41) is 2.89. The Balaban J connectivity index is 2.60. The predicted octanol–water partition coefficient (Wildman–Crippen LogP) is 1.12. The maximum absolute atomic E-state index is 12.4. The number of nitrogens with two attached hydrogens (primary N) is 1. The Bertz CT molecular complexity index is 347. The summed E-state index contributed by atoms with van der Waals surface area (Å²) < 4.78 is 0. The van der Waals surface area contributed by atoms with Crippen molar-refractivity contribution in [2.75, 3.05) is 20.6 Å². The second-order valence-corrected chi connectivity index (χ2v) is 6.64. The van der Waals surface area contributed by atoms with E-state index in [1.807, 2.05) is 13.8 Å². The summed E-state index contributed by atoms with van der Waals surface area (Å²) in [6.07, 6.45) is 4.47. The largest absolute Gasteiger partial charge is 0.354 e. The zero-order chi connectivity index (χ0) is 15.3. The van der Waals surface area contributed by atoms with Gasteiger partial charge in [0.05, 0.1) is 11.5 Å². The van der Waals surface area contributed by atoms with Crippen LogP contribution in [-0.2, 0) is 9.59 Å². The Hall–Kier alpha value is -1.10. The quantitative estimate of drug-likeness (QED) is 0.767. The minimum absolute atomic E-state index is 0.118. The van der Waals surface area contributed by atoms with Gasteiger partial charge in [0, 0.05) is 20.6 Å². The van der Waals surface area contributed by atoms with Crippen molar-refractivity contribution in [2.45, 2.75) is 52.0 Å². The molecule has 1 saturated carbocycles. The van der Waals surface area contributed by atoms with Gasteiger partial charge in [0.1, 0.15) is 0 Å². The van der Waals surface area contributed by atoms with Gasteiger partial charge in [0.15, 0.2) is 0 Å². The molecule has 1 atom stereocenters. The molecule has 5 nitrogen and oxygen atoms in total. The molecule has 3 N–H and O–H groups in total. The summed E-state index contributed by atoms with van der Waals surface area (Å²) in [7, 11) is 3.55. The monoisotopic (exact) mass is 283 g/mol. The maximum Gasteiger partial charge on any atom is 0.236 e. The first-order valence-electron chi connectivity index (χ1n) is 7.53. The fourth-order valence-electron chi connectivity index (χ4n) is 2.99. The minimum Gasteiger partial charge on any atom is -0.354 e. The molecule has 116 valence electrons. The summed E-state index contributed by atoms with van der Waals surface area (Å²) in [5.74, 6) is 0.365. The van der Waals surface area contributed by atoms with Crippen LogP contribution in [0.3, 0.4) is 0 Å². The van der Waals surface area contributed by atoms with Crippen LogP contribution in [0.4, 0.5) is 0 Å². The fraction of sp³-hybridized carbons (Fsp3) is 0.867. The van der Waals surface area contributed by atoms with Crippen molar-refractivity contribution in [1.29, 1.82) is 0 Å². The molecular formula is C15H29N3O2. The second kappa shape index (κ2) is 7.07. The molecule has 0 aromatic rings. The lowest BCUT2D eigenvalue weighted by Crippen LogP contribution is -2.50. The number of rotatable bonds is 6. The van der Waals surface area contributed by atoms with E-state index < -0.39 is 11.5 Å². The molecule has 0 radical (unpaired) electrons. The van der Waals surface area contributed by atoms with Crippen LogP contribution in [-0.4, -0.2) is 43.4 Å². The molecule has 2 amide bonds. The fourth-order valence-corrected chi connectivity index (χ4v) is 2.99. The zero-order valence-corrected chi connectivity index (χ0v) is 13.2. The first-order chi connectivity index (χ1) is 9.28. The summed E-state index contributed by atoms with van der Waals surface area (Å²) in [4.78, 5) is 26.0. The van der Waals surface area contributed by atoms with E-state index in [4.69, 9.17) is 5.73 Å². The van der Waals surface area contributed by atoms with Gasteiger partial charge in [-0.15, -0.1) is 0 Å². The normalized spacial score (nSPS) is 18.9. The van der Waals surface area contributed by atoms with E-state index in [1.54, 1.807) is 19.0 Å². The summed E-state index contributed by atoms with van der Waals surface area (Å²) in [6.45, 7) is 4.50. The number of carbonyl (C=O) groups excluding carboxylic acids is 2. The first-order valence-corrected chi connectivity index (χ1v) is 7.53. The molecular weight excluding hydrogens is 254 g/mol. The van der Waals surface area contributed by atoms with Crippen LogP contribution in [0.2, 0.25) is 0 Å². The van der Waals surface area contributed by atoms with Crippen LogP contribution in [0.25, 0.3) is 0 Å². The molecule has 1 rings (SSSR count). The highest BCUT2D eigenvalue weighted by Gasteiger charge is 2.42. The Kier molecular flexibility index (Phi) is 5.99. The van der Waals surface area contributed by atoms with Crippen molar-refractivity contribution in [3.05, 3.63) is 0 Å². The average molecular weight is 283 g/mol. The van der Waals surface area contributed by atoms with Gasteiger partial charge in [0.25, 0.3) is 0 Å². The molecule has 0 heterocycles. The van der Waals surface area contributed by atoms with E-state index >= 15 is 0 Å². The first kappa shape index (κ1) is 17.0. The highest BCUT2D eigenvalue weighted by atomic mass is 16.2. The van der Waals surface area contributed by atoms with Gasteiger partial charge in [0.2, 0.25) is 11.8 Å². The Labute approximate surface area is 122 Å². The van der Waals surface area contributed by atoms with Crippen molar-refractivity contribution in [2.24, 2.45) is 17.1 Å². The molecule has 0 aromatic carbocycles. The SMILES string of the molecule is CC(C)C[C@H](N)C(=O)NCC1(C(=O)N(C)C)CCCC1. The van der Waals surface area contributed by atoms with Gasteiger partial charge in [-0.05, 0) is 25.2 Å². The highest BCUT2D eigenvalue weighted by molar-refractivity contribution is 5.85.